The molecule has 1 rings (SSSR count). The van der Waals surface area contributed by atoms with Gasteiger partial charge in [-0.25, -0.2) is 0 Å². The predicted octanol–water partition coefficient (Wildman–Crippen LogP) is 2.61. The average Bonchev–Trinajstić information content (AvgIpc) is 2.27. The Morgan fingerprint density at radius 1 is 1.33 bits per heavy atom. The first-order valence-corrected chi connectivity index (χ1v) is 5.31. The molecular formula is C12H14F3NO2. The largest absolute Gasteiger partial charge is 0.480 e. The summed E-state index contributed by atoms with van der Waals surface area (Å²) >= 11 is 0. The summed E-state index contributed by atoms with van der Waals surface area (Å²) in [5.41, 5.74) is -0.0706. The monoisotopic (exact) mass is 261 g/mol. The number of likely N-dealkylation sites (N-methyl/N-ethyl adjacent to an activating group) is 1. The van der Waals surface area contributed by atoms with Gasteiger partial charge in [-0.2, -0.15) is 13.2 Å². The number of rotatable bonds is 4. The van der Waals surface area contributed by atoms with E-state index < -0.39 is 23.8 Å². The van der Waals surface area contributed by atoms with Gasteiger partial charge in [0.15, 0.2) is 0 Å². The Hall–Kier alpha value is -1.56. The van der Waals surface area contributed by atoms with E-state index in [2.05, 4.69) is 0 Å². The fraction of sp³-hybridized carbons (Fsp3) is 0.417. The van der Waals surface area contributed by atoms with Gasteiger partial charge in [-0.3, -0.25) is 9.69 Å². The highest BCUT2D eigenvalue weighted by Gasteiger charge is 2.30. The number of carboxylic acid groups (broad SMARTS) is 1. The summed E-state index contributed by atoms with van der Waals surface area (Å²) in [7, 11) is 1.61. The quantitative estimate of drug-likeness (QED) is 0.905. The molecule has 100 valence electrons. The molecule has 0 spiro atoms. The summed E-state index contributed by atoms with van der Waals surface area (Å²) in [5, 5.41) is 8.79. The van der Waals surface area contributed by atoms with Gasteiger partial charge in [0.1, 0.15) is 6.04 Å². The normalized spacial score (nSPS) is 13.7. The zero-order valence-electron chi connectivity index (χ0n) is 10.0. The molecule has 0 radical (unpaired) electrons. The molecule has 1 aromatic rings. The number of hydrogen-bond donors (Lipinski definition) is 1. The molecule has 18 heavy (non-hydrogen) atoms. The minimum absolute atomic E-state index is 0.283. The molecule has 0 aromatic heterocycles. The summed E-state index contributed by atoms with van der Waals surface area (Å²) in [6.07, 6.45) is -4.35. The van der Waals surface area contributed by atoms with E-state index in [0.29, 0.717) is 5.56 Å². The second-order valence-electron chi connectivity index (χ2n) is 4.12. The first kappa shape index (κ1) is 14.5. The fourth-order valence-corrected chi connectivity index (χ4v) is 1.41. The molecule has 3 nitrogen and oxygen atoms in total. The first-order valence-electron chi connectivity index (χ1n) is 5.31. The SMILES string of the molecule is CC(C(=O)O)N(C)Cc1ccc(C(F)(F)F)cc1. The molecule has 0 bridgehead atoms. The van der Waals surface area contributed by atoms with Crippen LogP contribution >= 0.6 is 0 Å². The number of benzene rings is 1. The van der Waals surface area contributed by atoms with Gasteiger partial charge in [-0.05, 0) is 31.7 Å². The summed E-state index contributed by atoms with van der Waals surface area (Å²) in [5.74, 6) is -0.968. The molecule has 6 heteroatoms. The molecule has 0 aliphatic rings. The van der Waals surface area contributed by atoms with Gasteiger partial charge in [-0.1, -0.05) is 12.1 Å². The third-order valence-corrected chi connectivity index (χ3v) is 2.73. The zero-order valence-corrected chi connectivity index (χ0v) is 10.0. The van der Waals surface area contributed by atoms with E-state index in [1.54, 1.807) is 11.9 Å². The zero-order chi connectivity index (χ0) is 13.9. The van der Waals surface area contributed by atoms with Gasteiger partial charge in [0.2, 0.25) is 0 Å². The highest BCUT2D eigenvalue weighted by molar-refractivity contribution is 5.72. The van der Waals surface area contributed by atoms with Crippen molar-refractivity contribution in [2.24, 2.45) is 0 Å². The number of nitrogens with zero attached hydrogens (tertiary/aromatic N) is 1. The second kappa shape index (κ2) is 5.39. The minimum atomic E-state index is -4.35. The van der Waals surface area contributed by atoms with E-state index >= 15 is 0 Å². The number of hydrogen-bond acceptors (Lipinski definition) is 2. The summed E-state index contributed by atoms with van der Waals surface area (Å²) in [6, 6.07) is 4.01. The van der Waals surface area contributed by atoms with Crippen LogP contribution in [0, 0.1) is 0 Å². The lowest BCUT2D eigenvalue weighted by molar-refractivity contribution is -0.142. The van der Waals surface area contributed by atoms with E-state index in [-0.39, 0.29) is 6.54 Å². The Morgan fingerprint density at radius 2 is 1.83 bits per heavy atom. The molecule has 1 atom stereocenters. The molecule has 0 amide bonds. The standard InChI is InChI=1S/C12H14F3NO2/c1-8(11(17)18)16(2)7-9-3-5-10(6-4-9)12(13,14)15/h3-6,8H,7H2,1-2H3,(H,17,18). The van der Waals surface area contributed by atoms with Gasteiger partial charge in [0, 0.05) is 6.54 Å². The van der Waals surface area contributed by atoms with Crippen molar-refractivity contribution in [1.82, 2.24) is 4.90 Å². The Morgan fingerprint density at radius 3 is 2.22 bits per heavy atom. The van der Waals surface area contributed by atoms with E-state index in [4.69, 9.17) is 5.11 Å². The maximum atomic E-state index is 12.3. The lowest BCUT2D eigenvalue weighted by Crippen LogP contribution is -2.35. The van der Waals surface area contributed by atoms with Crippen LogP contribution in [0.3, 0.4) is 0 Å². The number of aliphatic carboxylic acids is 1. The van der Waals surface area contributed by atoms with Crippen LogP contribution in [-0.2, 0) is 17.5 Å². The number of halogens is 3. The topological polar surface area (TPSA) is 40.5 Å². The predicted molar refractivity (Wildman–Crippen MR) is 60.0 cm³/mol. The number of carbonyl (C=O) groups is 1. The molecular weight excluding hydrogens is 247 g/mol. The van der Waals surface area contributed by atoms with Gasteiger partial charge in [0.25, 0.3) is 0 Å². The molecule has 0 aliphatic carbocycles. The van der Waals surface area contributed by atoms with Crippen molar-refractivity contribution in [3.63, 3.8) is 0 Å². The first-order chi connectivity index (χ1) is 8.21. The summed E-state index contributed by atoms with van der Waals surface area (Å²) in [4.78, 5) is 12.3. The van der Waals surface area contributed by atoms with Crippen molar-refractivity contribution < 1.29 is 23.1 Å². The van der Waals surface area contributed by atoms with E-state index in [1.807, 2.05) is 0 Å². The van der Waals surface area contributed by atoms with Gasteiger partial charge < -0.3 is 5.11 Å². The van der Waals surface area contributed by atoms with Crippen LogP contribution < -0.4 is 0 Å². The molecule has 0 fully saturated rings. The minimum Gasteiger partial charge on any atom is -0.480 e. The van der Waals surface area contributed by atoms with E-state index in [1.165, 1.54) is 19.1 Å². The van der Waals surface area contributed by atoms with Crippen LogP contribution in [0.5, 0.6) is 0 Å². The maximum absolute atomic E-state index is 12.3. The number of alkyl halides is 3. The highest BCUT2D eigenvalue weighted by Crippen LogP contribution is 2.29. The highest BCUT2D eigenvalue weighted by atomic mass is 19.4. The molecule has 1 aromatic carbocycles. The average molecular weight is 261 g/mol. The van der Waals surface area contributed by atoms with Crippen molar-refractivity contribution in [3.05, 3.63) is 35.4 Å². The summed E-state index contributed by atoms with van der Waals surface area (Å²) < 4.78 is 37.0. The third kappa shape index (κ3) is 3.73. The maximum Gasteiger partial charge on any atom is 0.416 e. The van der Waals surface area contributed by atoms with E-state index in [0.717, 1.165) is 12.1 Å². The van der Waals surface area contributed by atoms with Crippen LogP contribution in [-0.4, -0.2) is 29.1 Å². The second-order valence-corrected chi connectivity index (χ2v) is 4.12. The van der Waals surface area contributed by atoms with Crippen LogP contribution in [0.1, 0.15) is 18.1 Å². The Balaban J connectivity index is 2.73. The Bertz CT molecular complexity index is 414. The lowest BCUT2D eigenvalue weighted by Gasteiger charge is -2.21. The van der Waals surface area contributed by atoms with E-state index in [9.17, 15) is 18.0 Å². The Kier molecular flexibility index (Phi) is 4.34. The van der Waals surface area contributed by atoms with Gasteiger partial charge in [-0.15, -0.1) is 0 Å². The Labute approximate surface area is 103 Å². The van der Waals surface area contributed by atoms with Crippen LogP contribution in [0.2, 0.25) is 0 Å². The molecule has 0 heterocycles. The van der Waals surface area contributed by atoms with Gasteiger partial charge >= 0.3 is 12.1 Å². The van der Waals surface area contributed by atoms with Crippen molar-refractivity contribution in [2.75, 3.05) is 7.05 Å². The van der Waals surface area contributed by atoms with Crippen LogP contribution in [0.15, 0.2) is 24.3 Å². The molecule has 0 aliphatic heterocycles. The van der Waals surface area contributed by atoms with Crippen molar-refractivity contribution >= 4 is 5.97 Å². The van der Waals surface area contributed by atoms with Crippen LogP contribution in [0.4, 0.5) is 13.2 Å². The third-order valence-electron chi connectivity index (χ3n) is 2.73. The van der Waals surface area contributed by atoms with Gasteiger partial charge in [0.05, 0.1) is 5.56 Å². The van der Waals surface area contributed by atoms with Crippen molar-refractivity contribution in [1.29, 1.82) is 0 Å². The lowest BCUT2D eigenvalue weighted by atomic mass is 10.1. The fourth-order valence-electron chi connectivity index (χ4n) is 1.41. The smallest absolute Gasteiger partial charge is 0.416 e. The van der Waals surface area contributed by atoms with Crippen molar-refractivity contribution in [2.45, 2.75) is 25.7 Å². The van der Waals surface area contributed by atoms with Crippen LogP contribution in [0.25, 0.3) is 0 Å². The number of carboxylic acids is 1. The molecule has 0 saturated carbocycles. The summed E-state index contributed by atoms with van der Waals surface area (Å²) in [6.45, 7) is 1.80. The van der Waals surface area contributed by atoms with Crippen molar-refractivity contribution in [3.8, 4) is 0 Å². The molecule has 1 unspecified atom stereocenters. The molecule has 0 saturated heterocycles. The molecule has 1 N–H and O–H groups in total.